The number of carboxylic acid groups (broad SMARTS) is 1. The van der Waals surface area contributed by atoms with Gasteiger partial charge in [0.2, 0.25) is 5.95 Å². The second kappa shape index (κ2) is 6.61. The zero-order valence-electron chi connectivity index (χ0n) is 16.8. The summed E-state index contributed by atoms with van der Waals surface area (Å²) in [7, 11) is 1.51. The van der Waals surface area contributed by atoms with Crippen molar-refractivity contribution in [2.45, 2.75) is 33.9 Å². The van der Waals surface area contributed by atoms with E-state index < -0.39 is 23.8 Å². The third-order valence-corrected chi connectivity index (χ3v) is 5.25. The number of hydrogen-bond donors (Lipinski definition) is 1. The minimum absolute atomic E-state index is 0.227. The number of imidazole rings is 1. The molecular weight excluding hydrogens is 374 g/mol. The van der Waals surface area contributed by atoms with Crippen molar-refractivity contribution in [2.24, 2.45) is 13.0 Å². The second-order valence-electron chi connectivity index (χ2n) is 7.88. The van der Waals surface area contributed by atoms with Crippen LogP contribution >= 0.6 is 0 Å². The molecule has 4 rings (SSSR count). The Labute approximate surface area is 166 Å². The molecule has 9 nitrogen and oxygen atoms in total. The first-order valence-corrected chi connectivity index (χ1v) is 9.45. The zero-order chi connectivity index (χ0) is 21.0. The van der Waals surface area contributed by atoms with Crippen LogP contribution in [0.5, 0.6) is 0 Å². The zero-order valence-corrected chi connectivity index (χ0v) is 16.8. The van der Waals surface area contributed by atoms with E-state index in [9.17, 15) is 14.4 Å². The van der Waals surface area contributed by atoms with Gasteiger partial charge in [-0.1, -0.05) is 13.0 Å². The van der Waals surface area contributed by atoms with E-state index >= 15 is 0 Å². The second-order valence-corrected chi connectivity index (χ2v) is 7.88. The standard InChI is InChI=1S/C20H23N5O4/c1-11-5-12(2)7-14(6-11)23-8-13(3)9-24-16-17(21-19(23)24)22(4)20(29)25(18(16)28)10-15(26)27/h5-7,13H,8-10H2,1-4H3,(H,26,27)/t13-/m1/s1. The maximum absolute atomic E-state index is 13.0. The molecule has 0 saturated carbocycles. The predicted molar refractivity (Wildman–Crippen MR) is 109 cm³/mol. The third-order valence-electron chi connectivity index (χ3n) is 5.25. The molecule has 0 unspecified atom stereocenters. The summed E-state index contributed by atoms with van der Waals surface area (Å²) in [5.41, 5.74) is 2.42. The number of fused-ring (bicyclic) bond motifs is 3. The van der Waals surface area contributed by atoms with E-state index in [-0.39, 0.29) is 17.1 Å². The summed E-state index contributed by atoms with van der Waals surface area (Å²) in [5, 5.41) is 9.11. The quantitative estimate of drug-likeness (QED) is 0.716. The minimum Gasteiger partial charge on any atom is -0.480 e. The first-order chi connectivity index (χ1) is 13.7. The highest BCUT2D eigenvalue weighted by Crippen LogP contribution is 2.33. The molecule has 0 fully saturated rings. The lowest BCUT2D eigenvalue weighted by Crippen LogP contribution is -2.41. The van der Waals surface area contributed by atoms with E-state index in [0.29, 0.717) is 12.5 Å². The van der Waals surface area contributed by atoms with Gasteiger partial charge in [-0.15, -0.1) is 0 Å². The average Bonchev–Trinajstić information content (AvgIpc) is 3.01. The first kappa shape index (κ1) is 19.0. The topological polar surface area (TPSA) is 102 Å². The van der Waals surface area contributed by atoms with Gasteiger partial charge in [-0.05, 0) is 43.0 Å². The van der Waals surface area contributed by atoms with Crippen molar-refractivity contribution in [1.82, 2.24) is 18.7 Å². The number of anilines is 2. The van der Waals surface area contributed by atoms with E-state index in [1.54, 1.807) is 4.57 Å². The summed E-state index contributed by atoms with van der Waals surface area (Å²) >= 11 is 0. The highest BCUT2D eigenvalue weighted by molar-refractivity contribution is 5.77. The fraction of sp³-hybridized carbons (Fsp3) is 0.400. The SMILES string of the molecule is Cc1cc(C)cc(N2C[C@@H](C)Cn3c2nc2c3c(=O)n(CC(=O)O)c(=O)n2C)c1. The Morgan fingerprint density at radius 3 is 2.45 bits per heavy atom. The Bertz CT molecular complexity index is 1250. The highest BCUT2D eigenvalue weighted by atomic mass is 16.4. The van der Waals surface area contributed by atoms with Crippen LogP contribution in [0.4, 0.5) is 11.6 Å². The van der Waals surface area contributed by atoms with Crippen LogP contribution in [0.3, 0.4) is 0 Å². The number of carbonyl (C=O) groups is 1. The maximum Gasteiger partial charge on any atom is 0.333 e. The number of aromatic nitrogens is 4. The molecule has 0 amide bonds. The lowest BCUT2D eigenvalue weighted by atomic mass is 10.1. The predicted octanol–water partition coefficient (Wildman–Crippen LogP) is 1.39. The summed E-state index contributed by atoms with van der Waals surface area (Å²) in [6.07, 6.45) is 0. The molecule has 3 aromatic rings. The fourth-order valence-electron chi connectivity index (χ4n) is 4.10. The summed E-state index contributed by atoms with van der Waals surface area (Å²) < 4.78 is 3.80. The summed E-state index contributed by atoms with van der Waals surface area (Å²) in [4.78, 5) is 43.4. The number of carboxylic acids is 1. The van der Waals surface area contributed by atoms with Gasteiger partial charge in [-0.25, -0.2) is 9.36 Å². The van der Waals surface area contributed by atoms with E-state index in [2.05, 4.69) is 35.0 Å². The largest absolute Gasteiger partial charge is 0.480 e. The van der Waals surface area contributed by atoms with Crippen LogP contribution in [-0.2, 0) is 24.9 Å². The van der Waals surface area contributed by atoms with Crippen molar-refractivity contribution in [3.8, 4) is 0 Å². The van der Waals surface area contributed by atoms with Gasteiger partial charge in [0.15, 0.2) is 11.2 Å². The number of rotatable bonds is 3. The van der Waals surface area contributed by atoms with Crippen molar-refractivity contribution >= 4 is 28.8 Å². The number of aliphatic carboxylic acids is 1. The van der Waals surface area contributed by atoms with Crippen LogP contribution < -0.4 is 16.1 Å². The first-order valence-electron chi connectivity index (χ1n) is 9.45. The van der Waals surface area contributed by atoms with Crippen LogP contribution in [0, 0.1) is 19.8 Å². The molecule has 0 radical (unpaired) electrons. The smallest absolute Gasteiger partial charge is 0.333 e. The van der Waals surface area contributed by atoms with Crippen molar-refractivity contribution in [3.63, 3.8) is 0 Å². The molecular formula is C20H23N5O4. The molecule has 2 aromatic heterocycles. The van der Waals surface area contributed by atoms with Crippen molar-refractivity contribution in [3.05, 3.63) is 50.2 Å². The molecule has 1 N–H and O–H groups in total. The van der Waals surface area contributed by atoms with E-state index in [1.165, 1.54) is 11.6 Å². The van der Waals surface area contributed by atoms with Crippen LogP contribution in [-0.4, -0.2) is 36.3 Å². The number of nitrogens with zero attached hydrogens (tertiary/aromatic N) is 5. The van der Waals surface area contributed by atoms with Gasteiger partial charge in [0.05, 0.1) is 0 Å². The van der Waals surface area contributed by atoms with Crippen LogP contribution in [0.1, 0.15) is 18.1 Å². The van der Waals surface area contributed by atoms with Crippen LogP contribution in [0.15, 0.2) is 27.8 Å². The Morgan fingerprint density at radius 1 is 1.17 bits per heavy atom. The number of benzene rings is 1. The van der Waals surface area contributed by atoms with E-state index in [0.717, 1.165) is 27.9 Å². The number of hydrogen-bond acceptors (Lipinski definition) is 5. The van der Waals surface area contributed by atoms with Gasteiger partial charge in [-0.2, -0.15) is 4.98 Å². The van der Waals surface area contributed by atoms with Gasteiger partial charge >= 0.3 is 11.7 Å². The summed E-state index contributed by atoms with van der Waals surface area (Å²) in [5.74, 6) is -0.430. The Morgan fingerprint density at radius 2 is 1.83 bits per heavy atom. The molecule has 0 bridgehead atoms. The van der Waals surface area contributed by atoms with Gasteiger partial charge in [0.1, 0.15) is 6.54 Å². The molecule has 1 aliphatic heterocycles. The minimum atomic E-state index is -1.24. The number of aryl methyl sites for hydroxylation is 3. The van der Waals surface area contributed by atoms with E-state index in [1.807, 2.05) is 13.8 Å². The normalized spacial score (nSPS) is 16.3. The third kappa shape index (κ3) is 3.02. The Balaban J connectivity index is 2.02. The van der Waals surface area contributed by atoms with Crippen molar-refractivity contribution in [1.29, 1.82) is 0 Å². The summed E-state index contributed by atoms with van der Waals surface area (Å²) in [6.45, 7) is 6.75. The highest BCUT2D eigenvalue weighted by Gasteiger charge is 2.30. The molecule has 0 spiro atoms. The molecule has 1 aromatic carbocycles. The molecule has 0 saturated heterocycles. The molecule has 29 heavy (non-hydrogen) atoms. The molecule has 9 heteroatoms. The van der Waals surface area contributed by atoms with Crippen LogP contribution in [0.2, 0.25) is 0 Å². The molecule has 1 aliphatic rings. The van der Waals surface area contributed by atoms with Crippen LogP contribution in [0.25, 0.3) is 11.2 Å². The average molecular weight is 397 g/mol. The van der Waals surface area contributed by atoms with Crippen molar-refractivity contribution in [2.75, 3.05) is 11.4 Å². The summed E-state index contributed by atoms with van der Waals surface area (Å²) in [6, 6.07) is 6.22. The monoisotopic (exact) mass is 397 g/mol. The Kier molecular flexibility index (Phi) is 4.33. The van der Waals surface area contributed by atoms with Gasteiger partial charge < -0.3 is 14.6 Å². The van der Waals surface area contributed by atoms with Gasteiger partial charge in [0.25, 0.3) is 5.56 Å². The molecule has 1 atom stereocenters. The maximum atomic E-state index is 13.0. The van der Waals surface area contributed by atoms with Gasteiger partial charge in [-0.3, -0.25) is 14.2 Å². The molecule has 3 heterocycles. The molecule has 152 valence electrons. The van der Waals surface area contributed by atoms with E-state index in [4.69, 9.17) is 5.11 Å². The lowest BCUT2D eigenvalue weighted by molar-refractivity contribution is -0.137. The fourth-order valence-corrected chi connectivity index (χ4v) is 4.10. The van der Waals surface area contributed by atoms with Crippen molar-refractivity contribution < 1.29 is 9.90 Å². The lowest BCUT2D eigenvalue weighted by Gasteiger charge is -2.33. The molecule has 0 aliphatic carbocycles. The Hall–Kier alpha value is -3.36. The van der Waals surface area contributed by atoms with Gasteiger partial charge in [0, 0.05) is 25.8 Å².